The van der Waals surface area contributed by atoms with E-state index in [1.807, 2.05) is 41.8 Å². The molecule has 1 heterocycles. The van der Waals surface area contributed by atoms with Crippen LogP contribution < -0.4 is 5.32 Å². The number of amides is 1. The molecule has 0 spiro atoms. The number of nitrogens with zero attached hydrogens (tertiary/aromatic N) is 2. The van der Waals surface area contributed by atoms with E-state index in [9.17, 15) is 14.0 Å². The minimum atomic E-state index is -1.11. The summed E-state index contributed by atoms with van der Waals surface area (Å²) in [5, 5.41) is 2.42. The van der Waals surface area contributed by atoms with Gasteiger partial charge in [0.05, 0.1) is 22.3 Å². The van der Waals surface area contributed by atoms with Crippen molar-refractivity contribution in [1.82, 2.24) is 9.55 Å². The molecular formula is C24H20FN3O3. The largest absolute Gasteiger partial charge is 0.449 e. The zero-order chi connectivity index (χ0) is 22.0. The van der Waals surface area contributed by atoms with Crippen molar-refractivity contribution in [2.24, 2.45) is 0 Å². The lowest BCUT2D eigenvalue weighted by Crippen LogP contribution is -2.30. The Morgan fingerprint density at radius 3 is 2.48 bits per heavy atom. The number of fused-ring (bicyclic) bond motifs is 1. The average Bonchev–Trinajstić information content (AvgIpc) is 3.10. The second-order valence-electron chi connectivity index (χ2n) is 7.05. The van der Waals surface area contributed by atoms with Crippen LogP contribution in [0, 0.1) is 12.7 Å². The predicted octanol–water partition coefficient (Wildman–Crippen LogP) is 4.66. The molecule has 4 aromatic rings. The number of halogens is 1. The lowest BCUT2D eigenvalue weighted by atomic mass is 10.2. The number of ether oxygens (including phenoxy) is 1. The van der Waals surface area contributed by atoms with Crippen molar-refractivity contribution in [2.45, 2.75) is 20.0 Å². The Kier molecular flexibility index (Phi) is 5.49. The molecule has 0 saturated heterocycles. The highest BCUT2D eigenvalue weighted by Gasteiger charge is 2.21. The van der Waals surface area contributed by atoms with Gasteiger partial charge in [0, 0.05) is 5.69 Å². The molecule has 1 amide bonds. The quantitative estimate of drug-likeness (QED) is 0.480. The summed E-state index contributed by atoms with van der Waals surface area (Å²) in [6.07, 6.45) is -1.11. The highest BCUT2D eigenvalue weighted by molar-refractivity contribution is 5.98. The van der Waals surface area contributed by atoms with Gasteiger partial charge in [0.25, 0.3) is 5.91 Å². The molecule has 156 valence electrons. The van der Waals surface area contributed by atoms with Gasteiger partial charge in [-0.25, -0.2) is 14.2 Å². The zero-order valence-electron chi connectivity index (χ0n) is 17.0. The standard InChI is InChI=1S/C24H20FN3O3/c1-15(23(29)27-20-11-7-6-10-19(20)25)31-24(30)17-12-13-22-21(14-17)26-16(2)28(22)18-8-4-3-5-9-18/h3-15H,1-2H3,(H,27,29). The van der Waals surface area contributed by atoms with E-state index in [4.69, 9.17) is 4.74 Å². The number of para-hydroxylation sites is 2. The molecule has 0 saturated carbocycles. The molecule has 1 atom stereocenters. The van der Waals surface area contributed by atoms with E-state index in [1.54, 1.807) is 24.3 Å². The number of carbonyl (C=O) groups excluding carboxylic acids is 2. The van der Waals surface area contributed by atoms with Gasteiger partial charge in [-0.1, -0.05) is 30.3 Å². The molecule has 0 aliphatic heterocycles. The summed E-state index contributed by atoms with van der Waals surface area (Å²) < 4.78 is 21.0. The van der Waals surface area contributed by atoms with Gasteiger partial charge in [-0.05, 0) is 56.3 Å². The Labute approximate surface area is 178 Å². The smallest absolute Gasteiger partial charge is 0.338 e. The van der Waals surface area contributed by atoms with E-state index in [2.05, 4.69) is 10.3 Å². The average molecular weight is 417 g/mol. The van der Waals surface area contributed by atoms with Crippen LogP contribution in [0.4, 0.5) is 10.1 Å². The molecule has 31 heavy (non-hydrogen) atoms. The van der Waals surface area contributed by atoms with Crippen molar-refractivity contribution in [3.63, 3.8) is 0 Å². The molecule has 0 bridgehead atoms. The maximum Gasteiger partial charge on any atom is 0.338 e. The molecule has 0 aliphatic carbocycles. The molecule has 3 aromatic carbocycles. The maximum absolute atomic E-state index is 13.7. The number of nitrogens with one attached hydrogen (secondary N) is 1. The summed E-state index contributed by atoms with van der Waals surface area (Å²) in [4.78, 5) is 29.4. The third-order valence-corrected chi connectivity index (χ3v) is 4.86. The number of aromatic nitrogens is 2. The third-order valence-electron chi connectivity index (χ3n) is 4.86. The van der Waals surface area contributed by atoms with Gasteiger partial charge >= 0.3 is 5.97 Å². The van der Waals surface area contributed by atoms with Crippen molar-refractivity contribution in [1.29, 1.82) is 0 Å². The van der Waals surface area contributed by atoms with E-state index in [0.29, 0.717) is 5.52 Å². The monoisotopic (exact) mass is 417 g/mol. The third kappa shape index (κ3) is 4.16. The summed E-state index contributed by atoms with van der Waals surface area (Å²) in [5.41, 5.74) is 2.76. The first kappa shape index (κ1) is 20.3. The summed E-state index contributed by atoms with van der Waals surface area (Å²) >= 11 is 0. The van der Waals surface area contributed by atoms with Gasteiger partial charge < -0.3 is 10.1 Å². The summed E-state index contributed by atoms with van der Waals surface area (Å²) in [5.74, 6) is -1.07. The minimum Gasteiger partial charge on any atom is -0.449 e. The zero-order valence-corrected chi connectivity index (χ0v) is 17.0. The van der Waals surface area contributed by atoms with E-state index in [-0.39, 0.29) is 11.3 Å². The van der Waals surface area contributed by atoms with Crippen LogP contribution in [0.2, 0.25) is 0 Å². The molecule has 6 nitrogen and oxygen atoms in total. The second-order valence-corrected chi connectivity index (χ2v) is 7.05. The summed E-state index contributed by atoms with van der Waals surface area (Å²) in [7, 11) is 0. The highest BCUT2D eigenvalue weighted by atomic mass is 19.1. The Morgan fingerprint density at radius 2 is 1.74 bits per heavy atom. The number of hydrogen-bond donors (Lipinski definition) is 1. The number of benzene rings is 3. The Morgan fingerprint density at radius 1 is 1.03 bits per heavy atom. The lowest BCUT2D eigenvalue weighted by Gasteiger charge is -2.14. The Balaban J connectivity index is 1.51. The van der Waals surface area contributed by atoms with Crippen molar-refractivity contribution >= 4 is 28.6 Å². The number of imidazole rings is 1. The van der Waals surface area contributed by atoms with Gasteiger partial charge in [0.2, 0.25) is 0 Å². The number of aryl methyl sites for hydroxylation is 1. The number of hydrogen-bond acceptors (Lipinski definition) is 4. The van der Waals surface area contributed by atoms with E-state index in [1.165, 1.54) is 25.1 Å². The van der Waals surface area contributed by atoms with Crippen molar-refractivity contribution in [2.75, 3.05) is 5.32 Å². The molecule has 0 radical (unpaired) electrons. The van der Waals surface area contributed by atoms with Crippen LogP contribution in [-0.4, -0.2) is 27.5 Å². The van der Waals surface area contributed by atoms with Crippen molar-refractivity contribution in [3.8, 4) is 5.69 Å². The molecule has 1 N–H and O–H groups in total. The molecule has 4 rings (SSSR count). The normalized spacial score (nSPS) is 11.8. The maximum atomic E-state index is 13.7. The summed E-state index contributed by atoms with van der Waals surface area (Å²) in [6, 6.07) is 20.6. The molecule has 0 aliphatic rings. The first-order valence-electron chi connectivity index (χ1n) is 9.75. The molecule has 1 unspecified atom stereocenters. The fraction of sp³-hybridized carbons (Fsp3) is 0.125. The fourth-order valence-electron chi connectivity index (χ4n) is 3.31. The lowest BCUT2D eigenvalue weighted by molar-refractivity contribution is -0.123. The number of anilines is 1. The SMILES string of the molecule is Cc1nc2cc(C(=O)OC(C)C(=O)Nc3ccccc3F)ccc2n1-c1ccccc1. The fourth-order valence-corrected chi connectivity index (χ4v) is 3.31. The van der Waals surface area contributed by atoms with Crippen molar-refractivity contribution < 1.29 is 18.7 Å². The van der Waals surface area contributed by atoms with E-state index in [0.717, 1.165) is 17.0 Å². The molecular weight excluding hydrogens is 397 g/mol. The summed E-state index contributed by atoms with van der Waals surface area (Å²) in [6.45, 7) is 3.32. The second kappa shape index (κ2) is 8.39. The number of esters is 1. The van der Waals surface area contributed by atoms with E-state index >= 15 is 0 Å². The van der Waals surface area contributed by atoms with Gasteiger partial charge in [-0.3, -0.25) is 9.36 Å². The first-order valence-corrected chi connectivity index (χ1v) is 9.75. The van der Waals surface area contributed by atoms with Gasteiger partial charge in [-0.2, -0.15) is 0 Å². The van der Waals surface area contributed by atoms with Gasteiger partial charge in [0.1, 0.15) is 11.6 Å². The number of rotatable bonds is 5. The molecule has 7 heteroatoms. The van der Waals surface area contributed by atoms with Crippen LogP contribution in [0.3, 0.4) is 0 Å². The van der Waals surface area contributed by atoms with Crippen LogP contribution in [0.25, 0.3) is 16.7 Å². The van der Waals surface area contributed by atoms with E-state index < -0.39 is 23.8 Å². The predicted molar refractivity (Wildman–Crippen MR) is 116 cm³/mol. The van der Waals surface area contributed by atoms with Crippen molar-refractivity contribution in [3.05, 3.63) is 90.0 Å². The van der Waals surface area contributed by atoms with Crippen LogP contribution in [0.5, 0.6) is 0 Å². The molecule has 1 aromatic heterocycles. The minimum absolute atomic E-state index is 0.0266. The molecule has 0 fully saturated rings. The Hall–Kier alpha value is -4.00. The van der Waals surface area contributed by atoms with Crippen LogP contribution in [0.15, 0.2) is 72.8 Å². The van der Waals surface area contributed by atoms with Gasteiger partial charge in [-0.15, -0.1) is 0 Å². The number of carbonyl (C=O) groups is 2. The topological polar surface area (TPSA) is 73.2 Å². The Bertz CT molecular complexity index is 1270. The first-order chi connectivity index (χ1) is 14.9. The highest BCUT2D eigenvalue weighted by Crippen LogP contribution is 2.23. The van der Waals surface area contributed by atoms with Gasteiger partial charge in [0.15, 0.2) is 6.10 Å². The van der Waals surface area contributed by atoms with Crippen LogP contribution in [0.1, 0.15) is 23.1 Å². The van der Waals surface area contributed by atoms with Crippen LogP contribution >= 0.6 is 0 Å². The van der Waals surface area contributed by atoms with Crippen LogP contribution in [-0.2, 0) is 9.53 Å².